The zero-order valence-corrected chi connectivity index (χ0v) is 11.3. The van der Waals surface area contributed by atoms with Crippen molar-refractivity contribution in [2.24, 2.45) is 5.92 Å². The van der Waals surface area contributed by atoms with E-state index in [0.717, 1.165) is 23.1 Å². The molecule has 1 N–H and O–H groups in total. The molecule has 3 aliphatic rings. The number of fused-ring (bicyclic) bond motifs is 4. The van der Waals surface area contributed by atoms with E-state index in [4.69, 9.17) is 4.42 Å². The van der Waals surface area contributed by atoms with Gasteiger partial charge in [0, 0.05) is 23.5 Å². The normalized spacial score (nSPS) is 28.7. The molecule has 4 nitrogen and oxygen atoms in total. The third-order valence-electron chi connectivity index (χ3n) is 4.69. The quantitative estimate of drug-likeness (QED) is 0.910. The molecule has 0 radical (unpaired) electrons. The number of piperidine rings is 3. The molecule has 4 heteroatoms. The number of nitrogens with zero attached hydrogens (tertiary/aromatic N) is 1. The fourth-order valence-electron chi connectivity index (χ4n) is 3.49. The molecular weight excluding hydrogens is 252 g/mol. The fraction of sp³-hybridized carbons (Fsp3) is 0.438. The Morgan fingerprint density at radius 2 is 2.10 bits per heavy atom. The van der Waals surface area contributed by atoms with Crippen molar-refractivity contribution in [1.29, 1.82) is 0 Å². The number of benzene rings is 1. The molecule has 5 rings (SSSR count). The van der Waals surface area contributed by atoms with Gasteiger partial charge in [0.05, 0.1) is 6.26 Å². The van der Waals surface area contributed by atoms with Crippen LogP contribution < -0.4 is 5.32 Å². The van der Waals surface area contributed by atoms with Gasteiger partial charge in [0.15, 0.2) is 0 Å². The van der Waals surface area contributed by atoms with Gasteiger partial charge in [-0.05, 0) is 56.1 Å². The number of nitrogens with one attached hydrogen (secondary N) is 1. The van der Waals surface area contributed by atoms with E-state index in [1.807, 2.05) is 24.3 Å². The van der Waals surface area contributed by atoms with Gasteiger partial charge in [0.25, 0.3) is 5.91 Å². The van der Waals surface area contributed by atoms with Crippen molar-refractivity contribution in [2.75, 3.05) is 19.6 Å². The van der Waals surface area contributed by atoms with E-state index in [9.17, 15) is 4.79 Å². The molecule has 1 aromatic carbocycles. The van der Waals surface area contributed by atoms with Gasteiger partial charge in [-0.3, -0.25) is 4.79 Å². The Labute approximate surface area is 117 Å². The molecule has 1 aromatic heterocycles. The van der Waals surface area contributed by atoms with Crippen molar-refractivity contribution in [3.63, 3.8) is 0 Å². The number of furan rings is 1. The van der Waals surface area contributed by atoms with Crippen molar-refractivity contribution in [3.8, 4) is 0 Å². The minimum Gasteiger partial charge on any atom is -0.464 e. The summed E-state index contributed by atoms with van der Waals surface area (Å²) in [7, 11) is 0. The van der Waals surface area contributed by atoms with Crippen LogP contribution in [0.15, 0.2) is 34.9 Å². The van der Waals surface area contributed by atoms with Gasteiger partial charge in [-0.2, -0.15) is 0 Å². The average molecular weight is 270 g/mol. The summed E-state index contributed by atoms with van der Waals surface area (Å²) in [4.78, 5) is 14.8. The summed E-state index contributed by atoms with van der Waals surface area (Å²) in [5.74, 6) is 0.688. The van der Waals surface area contributed by atoms with Gasteiger partial charge in [0.1, 0.15) is 5.58 Å². The van der Waals surface area contributed by atoms with E-state index in [1.54, 1.807) is 6.26 Å². The van der Waals surface area contributed by atoms with Crippen LogP contribution in [0.2, 0.25) is 0 Å². The zero-order chi connectivity index (χ0) is 13.5. The first-order valence-corrected chi connectivity index (χ1v) is 7.30. The highest BCUT2D eigenvalue weighted by Crippen LogP contribution is 2.27. The molecule has 0 spiro atoms. The third kappa shape index (κ3) is 2.00. The van der Waals surface area contributed by atoms with E-state index in [0.29, 0.717) is 12.0 Å². The van der Waals surface area contributed by atoms with Crippen LogP contribution in [0.25, 0.3) is 11.0 Å². The summed E-state index contributed by atoms with van der Waals surface area (Å²) in [6.45, 7) is 3.39. The Balaban J connectivity index is 1.52. The second kappa shape index (κ2) is 4.63. The van der Waals surface area contributed by atoms with Gasteiger partial charge in [-0.1, -0.05) is 0 Å². The fourth-order valence-corrected chi connectivity index (χ4v) is 3.49. The SMILES string of the molecule is O=C(N[C@@H]1CN2CCC1CC2)c1ccc2occc2c1. The first-order valence-electron chi connectivity index (χ1n) is 7.30. The minimum atomic E-state index is 0.0341. The van der Waals surface area contributed by atoms with Gasteiger partial charge in [-0.25, -0.2) is 0 Å². The van der Waals surface area contributed by atoms with E-state index >= 15 is 0 Å². The lowest BCUT2D eigenvalue weighted by Crippen LogP contribution is -2.57. The second-order valence-corrected chi connectivity index (χ2v) is 5.89. The lowest BCUT2D eigenvalue weighted by Gasteiger charge is -2.44. The molecule has 1 amide bonds. The molecule has 1 atom stereocenters. The average Bonchev–Trinajstić information content (AvgIpc) is 2.96. The van der Waals surface area contributed by atoms with Crippen LogP contribution in [0.4, 0.5) is 0 Å². The minimum absolute atomic E-state index is 0.0341. The van der Waals surface area contributed by atoms with E-state index < -0.39 is 0 Å². The van der Waals surface area contributed by atoms with Crippen LogP contribution in [-0.4, -0.2) is 36.5 Å². The highest BCUT2D eigenvalue weighted by Gasteiger charge is 2.34. The number of carbonyl (C=O) groups is 1. The highest BCUT2D eigenvalue weighted by atomic mass is 16.3. The molecule has 2 bridgehead atoms. The van der Waals surface area contributed by atoms with Crippen LogP contribution in [0.5, 0.6) is 0 Å². The van der Waals surface area contributed by atoms with Crippen LogP contribution in [0.1, 0.15) is 23.2 Å². The Morgan fingerprint density at radius 1 is 1.25 bits per heavy atom. The summed E-state index contributed by atoms with van der Waals surface area (Å²) in [6, 6.07) is 7.80. The van der Waals surface area contributed by atoms with Crippen molar-refractivity contribution < 1.29 is 9.21 Å². The number of rotatable bonds is 2. The van der Waals surface area contributed by atoms with Crippen molar-refractivity contribution in [3.05, 3.63) is 36.1 Å². The molecule has 0 unspecified atom stereocenters. The van der Waals surface area contributed by atoms with E-state index in [1.165, 1.54) is 25.9 Å². The lowest BCUT2D eigenvalue weighted by atomic mass is 9.84. The Kier molecular flexibility index (Phi) is 2.77. The van der Waals surface area contributed by atoms with Crippen molar-refractivity contribution >= 4 is 16.9 Å². The molecule has 0 saturated carbocycles. The molecule has 104 valence electrons. The molecule has 3 fully saturated rings. The van der Waals surface area contributed by atoms with Gasteiger partial charge >= 0.3 is 0 Å². The largest absolute Gasteiger partial charge is 0.464 e. The summed E-state index contributed by atoms with van der Waals surface area (Å²) < 4.78 is 5.30. The van der Waals surface area contributed by atoms with Gasteiger partial charge in [0.2, 0.25) is 0 Å². The van der Waals surface area contributed by atoms with Crippen LogP contribution in [0, 0.1) is 5.92 Å². The van der Waals surface area contributed by atoms with Crippen LogP contribution in [0.3, 0.4) is 0 Å². The van der Waals surface area contributed by atoms with E-state index in [-0.39, 0.29) is 5.91 Å². The molecule has 3 saturated heterocycles. The first-order chi connectivity index (χ1) is 9.79. The van der Waals surface area contributed by atoms with Crippen molar-refractivity contribution in [2.45, 2.75) is 18.9 Å². The maximum atomic E-state index is 12.4. The summed E-state index contributed by atoms with van der Waals surface area (Å²) in [6.07, 6.45) is 4.08. The zero-order valence-electron chi connectivity index (χ0n) is 11.3. The van der Waals surface area contributed by atoms with E-state index in [2.05, 4.69) is 10.2 Å². The standard InChI is InChI=1S/C16H18N2O2/c19-16(13-1-2-15-12(9-13)5-8-20-15)17-14-10-18-6-3-11(14)4-7-18/h1-2,5,8-9,11,14H,3-4,6-7,10H2,(H,17,19)/t14-/m1/s1. The first kappa shape index (κ1) is 12.0. The molecular formula is C16H18N2O2. The third-order valence-corrected chi connectivity index (χ3v) is 4.69. The highest BCUT2D eigenvalue weighted by molar-refractivity contribution is 5.97. The number of hydrogen-bond donors (Lipinski definition) is 1. The molecule has 0 aliphatic carbocycles. The Morgan fingerprint density at radius 3 is 2.85 bits per heavy atom. The number of carbonyl (C=O) groups excluding carboxylic acids is 1. The van der Waals surface area contributed by atoms with Gasteiger partial charge < -0.3 is 14.6 Å². The number of amides is 1. The Hall–Kier alpha value is -1.81. The monoisotopic (exact) mass is 270 g/mol. The molecule has 2 aromatic rings. The molecule has 4 heterocycles. The number of hydrogen-bond acceptors (Lipinski definition) is 3. The summed E-state index contributed by atoms with van der Waals surface area (Å²) >= 11 is 0. The summed E-state index contributed by atoms with van der Waals surface area (Å²) in [5, 5.41) is 4.19. The predicted octanol–water partition coefficient (Wildman–Crippen LogP) is 2.26. The molecule has 20 heavy (non-hydrogen) atoms. The lowest BCUT2D eigenvalue weighted by molar-refractivity contribution is 0.0620. The molecule has 3 aliphatic heterocycles. The van der Waals surface area contributed by atoms with Crippen molar-refractivity contribution in [1.82, 2.24) is 10.2 Å². The predicted molar refractivity (Wildman–Crippen MR) is 76.6 cm³/mol. The smallest absolute Gasteiger partial charge is 0.251 e. The van der Waals surface area contributed by atoms with Crippen LogP contribution >= 0.6 is 0 Å². The van der Waals surface area contributed by atoms with Crippen LogP contribution in [-0.2, 0) is 0 Å². The summed E-state index contributed by atoms with van der Waals surface area (Å²) in [5.41, 5.74) is 1.54. The maximum Gasteiger partial charge on any atom is 0.251 e. The Bertz CT molecular complexity index is 641. The topological polar surface area (TPSA) is 45.5 Å². The second-order valence-electron chi connectivity index (χ2n) is 5.89. The van der Waals surface area contributed by atoms with Gasteiger partial charge in [-0.15, -0.1) is 0 Å². The maximum absolute atomic E-state index is 12.4.